The van der Waals surface area contributed by atoms with Crippen LogP contribution in [0.4, 0.5) is 11.5 Å². The van der Waals surface area contributed by atoms with Crippen LogP contribution in [-0.2, 0) is 4.74 Å². The maximum atomic E-state index is 11.3. The highest BCUT2D eigenvalue weighted by atomic mass is 16.6. The highest BCUT2D eigenvalue weighted by Crippen LogP contribution is 2.35. The van der Waals surface area contributed by atoms with E-state index in [0.717, 1.165) is 12.8 Å². The van der Waals surface area contributed by atoms with Crippen molar-refractivity contribution in [1.29, 1.82) is 0 Å². The van der Waals surface area contributed by atoms with Crippen molar-refractivity contribution in [3.05, 3.63) is 27.9 Å². The maximum absolute atomic E-state index is 11.3. The quantitative estimate of drug-likeness (QED) is 0.249. The monoisotopic (exact) mass is 295 g/mol. The van der Waals surface area contributed by atoms with Gasteiger partial charge in [-0.15, -0.1) is 0 Å². The van der Waals surface area contributed by atoms with Crippen LogP contribution in [0, 0.1) is 10.1 Å². The minimum atomic E-state index is -0.515. The molecule has 3 N–H and O–H groups in total. The van der Waals surface area contributed by atoms with Crippen molar-refractivity contribution in [3.8, 4) is 0 Å². The van der Waals surface area contributed by atoms with Crippen LogP contribution < -0.4 is 10.6 Å². The van der Waals surface area contributed by atoms with Gasteiger partial charge in [0.05, 0.1) is 11.5 Å². The lowest BCUT2D eigenvalue weighted by Crippen LogP contribution is -2.31. The number of hydrogen-bond donors (Lipinski definition) is 2. The van der Waals surface area contributed by atoms with Crippen molar-refractivity contribution in [3.63, 3.8) is 0 Å². The fraction of sp³-hybridized carbons (Fsp3) is 0.500. The molecule has 1 aliphatic carbocycles. The summed E-state index contributed by atoms with van der Waals surface area (Å²) in [7, 11) is 1.58. The number of amidine groups is 1. The third kappa shape index (κ3) is 3.37. The highest BCUT2D eigenvalue weighted by molar-refractivity contribution is 5.97. The van der Waals surface area contributed by atoms with Gasteiger partial charge < -0.3 is 20.6 Å². The molecule has 2 rings (SSSR count). The number of oxime groups is 1. The Morgan fingerprint density at radius 1 is 1.71 bits per heavy atom. The summed E-state index contributed by atoms with van der Waals surface area (Å²) in [5.41, 5.74) is 5.49. The van der Waals surface area contributed by atoms with Crippen LogP contribution in [0.25, 0.3) is 0 Å². The summed E-state index contributed by atoms with van der Waals surface area (Å²) in [6.45, 7) is 0.981. The Kier molecular flexibility index (Phi) is 4.53. The van der Waals surface area contributed by atoms with Gasteiger partial charge in [0.15, 0.2) is 5.84 Å². The number of rotatable bonds is 7. The Bertz CT molecular complexity index is 559. The van der Waals surface area contributed by atoms with Gasteiger partial charge in [0.25, 0.3) is 0 Å². The van der Waals surface area contributed by atoms with Crippen LogP contribution >= 0.6 is 0 Å². The molecule has 0 aromatic carbocycles. The van der Waals surface area contributed by atoms with E-state index in [9.17, 15) is 10.1 Å². The Morgan fingerprint density at radius 3 is 2.95 bits per heavy atom. The van der Waals surface area contributed by atoms with Crippen molar-refractivity contribution >= 4 is 17.3 Å². The molecule has 0 atom stereocenters. The molecule has 0 bridgehead atoms. The van der Waals surface area contributed by atoms with Gasteiger partial charge in [-0.2, -0.15) is 0 Å². The average molecular weight is 295 g/mol. The van der Waals surface area contributed by atoms with Crippen molar-refractivity contribution in [2.45, 2.75) is 18.9 Å². The topological polar surface area (TPSA) is 127 Å². The minimum Gasteiger partial charge on any atom is -0.409 e. The number of methoxy groups -OCH3 is 1. The van der Waals surface area contributed by atoms with E-state index >= 15 is 0 Å². The Hall–Kier alpha value is -2.42. The van der Waals surface area contributed by atoms with E-state index in [0.29, 0.717) is 13.2 Å². The van der Waals surface area contributed by atoms with E-state index in [2.05, 4.69) is 10.1 Å². The fourth-order valence-corrected chi connectivity index (χ4v) is 2.04. The molecule has 1 aromatic rings. The molecule has 1 aromatic heterocycles. The minimum absolute atomic E-state index is 0.165. The molecule has 1 fully saturated rings. The molecule has 1 heterocycles. The number of aromatic nitrogens is 1. The molecule has 0 saturated heterocycles. The van der Waals surface area contributed by atoms with Crippen molar-refractivity contribution in [2.75, 3.05) is 25.2 Å². The standard InChI is InChI=1S/C12H17N5O4/c1-21-5-4-16(9-2-3-9)12-10(17(19)20)6-8(7-14-12)11(13)15-18/h6-7,9,18H,2-5H2,1H3,(H2,13,15). The van der Waals surface area contributed by atoms with E-state index in [1.54, 1.807) is 7.11 Å². The first-order valence-corrected chi connectivity index (χ1v) is 6.46. The molecule has 0 radical (unpaired) electrons. The number of nitrogens with two attached hydrogens (primary N) is 1. The van der Waals surface area contributed by atoms with Gasteiger partial charge in [0.2, 0.25) is 5.82 Å². The molecule has 9 heteroatoms. The van der Waals surface area contributed by atoms with E-state index in [1.807, 2.05) is 4.90 Å². The van der Waals surface area contributed by atoms with E-state index in [4.69, 9.17) is 15.7 Å². The summed E-state index contributed by atoms with van der Waals surface area (Å²) in [6.07, 6.45) is 3.31. The van der Waals surface area contributed by atoms with Crippen molar-refractivity contribution in [1.82, 2.24) is 4.98 Å². The lowest BCUT2D eigenvalue weighted by Gasteiger charge is -2.22. The fourth-order valence-electron chi connectivity index (χ4n) is 2.04. The molecule has 0 aliphatic heterocycles. The predicted molar refractivity (Wildman–Crippen MR) is 75.6 cm³/mol. The lowest BCUT2D eigenvalue weighted by molar-refractivity contribution is -0.384. The number of pyridine rings is 1. The first-order chi connectivity index (χ1) is 10.1. The summed E-state index contributed by atoms with van der Waals surface area (Å²) in [5.74, 6) is 0.0704. The van der Waals surface area contributed by atoms with Crippen LogP contribution in [0.2, 0.25) is 0 Å². The van der Waals surface area contributed by atoms with Gasteiger partial charge in [-0.25, -0.2) is 4.98 Å². The van der Waals surface area contributed by atoms with Gasteiger partial charge in [-0.05, 0) is 12.8 Å². The second-order valence-corrected chi connectivity index (χ2v) is 4.73. The largest absolute Gasteiger partial charge is 0.409 e. The Balaban J connectivity index is 2.38. The number of nitro groups is 1. The van der Waals surface area contributed by atoms with Gasteiger partial charge >= 0.3 is 5.69 Å². The van der Waals surface area contributed by atoms with Gasteiger partial charge in [0.1, 0.15) is 0 Å². The van der Waals surface area contributed by atoms with Crippen LogP contribution in [0.3, 0.4) is 0 Å². The van der Waals surface area contributed by atoms with E-state index in [1.165, 1.54) is 12.3 Å². The predicted octanol–water partition coefficient (Wildman–Crippen LogP) is 0.700. The second-order valence-electron chi connectivity index (χ2n) is 4.73. The first kappa shape index (κ1) is 15.0. The highest BCUT2D eigenvalue weighted by Gasteiger charge is 2.34. The summed E-state index contributed by atoms with van der Waals surface area (Å²) >= 11 is 0. The Morgan fingerprint density at radius 2 is 2.43 bits per heavy atom. The first-order valence-electron chi connectivity index (χ1n) is 6.46. The number of hydrogen-bond acceptors (Lipinski definition) is 7. The van der Waals surface area contributed by atoms with Crippen molar-refractivity contribution in [2.24, 2.45) is 10.9 Å². The van der Waals surface area contributed by atoms with E-state index in [-0.39, 0.29) is 28.9 Å². The SMILES string of the molecule is COCCN(c1ncc(C(N)=NO)cc1[N+](=O)[O-])C1CC1. The summed E-state index contributed by atoms with van der Waals surface area (Å²) in [4.78, 5) is 16.8. The number of ether oxygens (including phenoxy) is 1. The molecular formula is C12H17N5O4. The van der Waals surface area contributed by atoms with Gasteiger partial charge in [0, 0.05) is 37.5 Å². The molecule has 1 aliphatic rings. The zero-order chi connectivity index (χ0) is 15.4. The summed E-state index contributed by atoms with van der Waals surface area (Å²) in [6, 6.07) is 1.51. The summed E-state index contributed by atoms with van der Waals surface area (Å²) < 4.78 is 5.04. The van der Waals surface area contributed by atoms with Gasteiger partial charge in [-0.3, -0.25) is 10.1 Å². The average Bonchev–Trinajstić information content (AvgIpc) is 3.31. The molecule has 1 saturated carbocycles. The Labute approximate surface area is 121 Å². The normalized spacial score (nSPS) is 15.0. The van der Waals surface area contributed by atoms with Crippen LogP contribution in [0.15, 0.2) is 17.4 Å². The summed E-state index contributed by atoms with van der Waals surface area (Å²) in [5, 5.41) is 22.7. The zero-order valence-electron chi connectivity index (χ0n) is 11.6. The molecule has 21 heavy (non-hydrogen) atoms. The molecular weight excluding hydrogens is 278 g/mol. The van der Waals surface area contributed by atoms with Crippen LogP contribution in [0.5, 0.6) is 0 Å². The maximum Gasteiger partial charge on any atom is 0.312 e. The molecule has 0 amide bonds. The van der Waals surface area contributed by atoms with Crippen LogP contribution in [0.1, 0.15) is 18.4 Å². The molecule has 0 spiro atoms. The lowest BCUT2D eigenvalue weighted by atomic mass is 10.2. The smallest absolute Gasteiger partial charge is 0.312 e. The third-order valence-corrected chi connectivity index (χ3v) is 3.24. The van der Waals surface area contributed by atoms with Gasteiger partial charge in [-0.1, -0.05) is 5.16 Å². The molecule has 9 nitrogen and oxygen atoms in total. The van der Waals surface area contributed by atoms with Crippen molar-refractivity contribution < 1.29 is 14.9 Å². The number of nitrogens with zero attached hydrogens (tertiary/aromatic N) is 4. The number of anilines is 1. The van der Waals surface area contributed by atoms with E-state index < -0.39 is 4.92 Å². The zero-order valence-corrected chi connectivity index (χ0v) is 11.6. The third-order valence-electron chi connectivity index (χ3n) is 3.24. The molecule has 0 unspecified atom stereocenters. The molecule has 114 valence electrons. The second kappa shape index (κ2) is 6.35. The van der Waals surface area contributed by atoms with Crippen LogP contribution in [-0.4, -0.2) is 47.3 Å².